The molecular weight excluding hydrogens is 238 g/mol. The highest BCUT2D eigenvalue weighted by atomic mass is 16.2. The minimum Gasteiger partial charge on any atom is -0.337 e. The number of nitrogens with one attached hydrogen (secondary N) is 1. The van der Waals surface area contributed by atoms with Gasteiger partial charge in [0, 0.05) is 18.8 Å². The van der Waals surface area contributed by atoms with E-state index in [1.54, 1.807) is 0 Å². The van der Waals surface area contributed by atoms with E-state index < -0.39 is 0 Å². The Bertz CT molecular complexity index is 438. The maximum Gasteiger partial charge on any atom is 0.274 e. The molecule has 1 aromatic rings. The molecule has 0 radical (unpaired) electrons. The van der Waals surface area contributed by atoms with Crippen molar-refractivity contribution in [1.82, 2.24) is 15.1 Å². The Kier molecular flexibility index (Phi) is 4.27. The molecule has 19 heavy (non-hydrogen) atoms. The van der Waals surface area contributed by atoms with Crippen molar-refractivity contribution >= 4 is 5.91 Å². The van der Waals surface area contributed by atoms with Crippen molar-refractivity contribution in [1.29, 1.82) is 0 Å². The number of aromatic amines is 1. The van der Waals surface area contributed by atoms with E-state index in [2.05, 4.69) is 31.0 Å². The van der Waals surface area contributed by atoms with Gasteiger partial charge in [0.25, 0.3) is 5.91 Å². The van der Waals surface area contributed by atoms with Crippen LogP contribution in [0.5, 0.6) is 0 Å². The van der Waals surface area contributed by atoms with Crippen molar-refractivity contribution in [2.24, 2.45) is 5.92 Å². The van der Waals surface area contributed by atoms with Crippen LogP contribution in [0.25, 0.3) is 0 Å². The number of nitrogens with zero attached hydrogens (tertiary/aromatic N) is 2. The van der Waals surface area contributed by atoms with E-state index in [0.717, 1.165) is 12.1 Å². The number of hydrogen-bond acceptors (Lipinski definition) is 2. The largest absolute Gasteiger partial charge is 0.337 e. The van der Waals surface area contributed by atoms with Crippen LogP contribution >= 0.6 is 0 Å². The number of carbonyl (C=O) groups is 1. The number of rotatable bonds is 3. The first kappa shape index (κ1) is 14.1. The van der Waals surface area contributed by atoms with Gasteiger partial charge in [0.1, 0.15) is 5.69 Å². The summed E-state index contributed by atoms with van der Waals surface area (Å²) in [5.41, 5.74) is 1.57. The molecule has 1 aliphatic rings. The summed E-state index contributed by atoms with van der Waals surface area (Å²) in [5.74, 6) is 1.00. The van der Waals surface area contributed by atoms with Crippen LogP contribution in [-0.4, -0.2) is 34.1 Å². The fraction of sp³-hybridized carbons (Fsp3) is 0.733. The van der Waals surface area contributed by atoms with Crippen LogP contribution in [0.3, 0.4) is 0 Å². The van der Waals surface area contributed by atoms with Gasteiger partial charge in [0.15, 0.2) is 0 Å². The first-order valence-corrected chi connectivity index (χ1v) is 7.33. The smallest absolute Gasteiger partial charge is 0.274 e. The number of carbonyl (C=O) groups excluding carboxylic acids is 1. The lowest BCUT2D eigenvalue weighted by Crippen LogP contribution is -2.42. The second kappa shape index (κ2) is 5.76. The third-order valence-electron chi connectivity index (χ3n) is 4.32. The van der Waals surface area contributed by atoms with Gasteiger partial charge in [-0.3, -0.25) is 9.89 Å². The van der Waals surface area contributed by atoms with Crippen molar-refractivity contribution < 1.29 is 4.79 Å². The number of amides is 1. The first-order chi connectivity index (χ1) is 9.00. The van der Waals surface area contributed by atoms with Crippen molar-refractivity contribution in [3.05, 3.63) is 17.5 Å². The van der Waals surface area contributed by atoms with E-state index in [9.17, 15) is 4.79 Å². The highest BCUT2D eigenvalue weighted by molar-refractivity contribution is 5.92. The Hall–Kier alpha value is -1.32. The molecule has 0 saturated heterocycles. The van der Waals surface area contributed by atoms with Gasteiger partial charge in [0.05, 0.1) is 0 Å². The monoisotopic (exact) mass is 263 g/mol. The molecule has 4 heteroatoms. The zero-order valence-electron chi connectivity index (χ0n) is 12.4. The van der Waals surface area contributed by atoms with Gasteiger partial charge in [-0.15, -0.1) is 0 Å². The van der Waals surface area contributed by atoms with Crippen molar-refractivity contribution in [2.45, 2.75) is 58.4 Å². The van der Waals surface area contributed by atoms with Crippen molar-refractivity contribution in [3.8, 4) is 0 Å². The molecule has 1 heterocycles. The topological polar surface area (TPSA) is 49.0 Å². The molecule has 1 fully saturated rings. The predicted octanol–water partition coefficient (Wildman–Crippen LogP) is 3.18. The lowest BCUT2D eigenvalue weighted by molar-refractivity contribution is 0.0623. The molecule has 1 amide bonds. The molecule has 2 rings (SSSR count). The van der Waals surface area contributed by atoms with E-state index in [0.29, 0.717) is 23.6 Å². The second-order valence-corrected chi connectivity index (χ2v) is 6.11. The van der Waals surface area contributed by atoms with Crippen LogP contribution in [0.15, 0.2) is 6.07 Å². The Morgan fingerprint density at radius 1 is 1.42 bits per heavy atom. The lowest BCUT2D eigenvalue weighted by Gasteiger charge is -2.35. The molecule has 0 spiro atoms. The predicted molar refractivity (Wildman–Crippen MR) is 76.2 cm³/mol. The Balaban J connectivity index is 2.09. The highest BCUT2D eigenvalue weighted by Crippen LogP contribution is 2.28. The van der Waals surface area contributed by atoms with Crippen LogP contribution in [0, 0.1) is 5.92 Å². The Morgan fingerprint density at radius 2 is 2.11 bits per heavy atom. The van der Waals surface area contributed by atoms with Crippen molar-refractivity contribution in [3.63, 3.8) is 0 Å². The average Bonchev–Trinajstić information content (AvgIpc) is 2.87. The van der Waals surface area contributed by atoms with Gasteiger partial charge in [-0.2, -0.15) is 5.10 Å². The van der Waals surface area contributed by atoms with E-state index in [4.69, 9.17) is 0 Å². The molecule has 2 unspecified atom stereocenters. The summed E-state index contributed by atoms with van der Waals surface area (Å²) in [5, 5.41) is 7.12. The Morgan fingerprint density at radius 3 is 2.68 bits per heavy atom. The molecule has 1 aliphatic carbocycles. The third kappa shape index (κ3) is 2.99. The van der Waals surface area contributed by atoms with Crippen molar-refractivity contribution in [2.75, 3.05) is 7.05 Å². The fourth-order valence-electron chi connectivity index (χ4n) is 2.95. The molecular formula is C15H25N3O. The molecule has 0 aromatic carbocycles. The maximum absolute atomic E-state index is 12.5. The van der Waals surface area contributed by atoms with Gasteiger partial charge >= 0.3 is 0 Å². The van der Waals surface area contributed by atoms with E-state index >= 15 is 0 Å². The highest BCUT2D eigenvalue weighted by Gasteiger charge is 2.29. The van der Waals surface area contributed by atoms with Gasteiger partial charge in [-0.1, -0.05) is 33.6 Å². The Labute approximate surface area is 115 Å². The number of H-pyrrole nitrogens is 1. The third-order valence-corrected chi connectivity index (χ3v) is 4.32. The maximum atomic E-state index is 12.5. The average molecular weight is 263 g/mol. The van der Waals surface area contributed by atoms with E-state index in [1.165, 1.54) is 19.3 Å². The van der Waals surface area contributed by atoms with Crippen LogP contribution in [0.4, 0.5) is 0 Å². The van der Waals surface area contributed by atoms with E-state index in [1.807, 2.05) is 18.0 Å². The van der Waals surface area contributed by atoms with Gasteiger partial charge in [-0.05, 0) is 30.7 Å². The second-order valence-electron chi connectivity index (χ2n) is 6.11. The van der Waals surface area contributed by atoms with Crippen LogP contribution in [0.1, 0.15) is 68.6 Å². The summed E-state index contributed by atoms with van der Waals surface area (Å²) < 4.78 is 0. The van der Waals surface area contributed by atoms with Crippen LogP contribution in [0.2, 0.25) is 0 Å². The van der Waals surface area contributed by atoms with Gasteiger partial charge in [0.2, 0.25) is 0 Å². The molecule has 1 saturated carbocycles. The molecule has 0 bridgehead atoms. The SMILES string of the molecule is CC(C)c1cc(C(=O)N(C)C2CCCCC2C)n[nH]1. The zero-order chi connectivity index (χ0) is 14.0. The summed E-state index contributed by atoms with van der Waals surface area (Å²) in [7, 11) is 1.92. The molecule has 0 aliphatic heterocycles. The van der Waals surface area contributed by atoms with E-state index in [-0.39, 0.29) is 5.91 Å². The summed E-state index contributed by atoms with van der Waals surface area (Å²) >= 11 is 0. The lowest BCUT2D eigenvalue weighted by atomic mass is 9.85. The normalized spacial score (nSPS) is 23.6. The number of aromatic nitrogens is 2. The summed E-state index contributed by atoms with van der Waals surface area (Å²) in [6.45, 7) is 6.43. The minimum absolute atomic E-state index is 0.0434. The molecule has 2 atom stereocenters. The minimum atomic E-state index is 0.0434. The zero-order valence-corrected chi connectivity index (χ0v) is 12.4. The summed E-state index contributed by atoms with van der Waals surface area (Å²) in [4.78, 5) is 14.4. The first-order valence-electron chi connectivity index (χ1n) is 7.33. The molecule has 1 aromatic heterocycles. The molecule has 1 N–H and O–H groups in total. The molecule has 106 valence electrons. The van der Waals surface area contributed by atoms with Gasteiger partial charge < -0.3 is 4.90 Å². The van der Waals surface area contributed by atoms with Gasteiger partial charge in [-0.25, -0.2) is 0 Å². The number of hydrogen-bond donors (Lipinski definition) is 1. The molecule has 4 nitrogen and oxygen atoms in total. The summed E-state index contributed by atoms with van der Waals surface area (Å²) in [6, 6.07) is 2.25. The fourth-order valence-corrected chi connectivity index (χ4v) is 2.95. The standard InChI is InChI=1S/C15H25N3O/c1-10(2)12-9-13(17-16-12)15(19)18(4)14-8-6-5-7-11(14)3/h9-11,14H,5-8H2,1-4H3,(H,16,17). The summed E-state index contributed by atoms with van der Waals surface area (Å²) in [6.07, 6.45) is 4.86. The van der Waals surface area contributed by atoms with Crippen LogP contribution in [-0.2, 0) is 0 Å². The van der Waals surface area contributed by atoms with Crippen LogP contribution < -0.4 is 0 Å². The quantitative estimate of drug-likeness (QED) is 0.910.